The summed E-state index contributed by atoms with van der Waals surface area (Å²) in [5, 5.41) is 0. The third-order valence-corrected chi connectivity index (χ3v) is 4.16. The van der Waals surface area contributed by atoms with E-state index in [1.165, 1.54) is 70.6 Å². The lowest BCUT2D eigenvalue weighted by Gasteiger charge is -2.04. The van der Waals surface area contributed by atoms with E-state index in [4.69, 9.17) is 4.84 Å². The lowest BCUT2D eigenvalue weighted by Crippen LogP contribution is -2.23. The van der Waals surface area contributed by atoms with Gasteiger partial charge in [0.25, 0.3) is 0 Å². The zero-order chi connectivity index (χ0) is 17.7. The predicted octanol–water partition coefficient (Wildman–Crippen LogP) is 6.48. The monoisotopic (exact) mass is 339 g/mol. The number of carbonyl (C=O) groups excluding carboxylic acids is 1. The Labute approximate surface area is 150 Å². The van der Waals surface area contributed by atoms with Gasteiger partial charge < -0.3 is 0 Å². The second kappa shape index (κ2) is 20.2. The molecule has 0 aliphatic carbocycles. The molecule has 0 atom stereocenters. The fraction of sp³-hybridized carbons (Fsp3) is 0.857. The van der Waals surface area contributed by atoms with Crippen LogP contribution in [-0.2, 0) is 9.63 Å². The van der Waals surface area contributed by atoms with E-state index in [0.717, 1.165) is 19.3 Å². The summed E-state index contributed by atoms with van der Waals surface area (Å²) >= 11 is 0. The molecule has 0 saturated carbocycles. The van der Waals surface area contributed by atoms with Gasteiger partial charge in [-0.15, -0.1) is 0 Å². The van der Waals surface area contributed by atoms with Gasteiger partial charge in [0.15, 0.2) is 0 Å². The maximum absolute atomic E-state index is 11.4. The maximum Gasteiger partial charge on any atom is 0.243 e. The molecule has 3 heteroatoms. The smallest absolute Gasteiger partial charge is 0.243 e. The highest BCUT2D eigenvalue weighted by Gasteiger charge is 2.00. The van der Waals surface area contributed by atoms with Crippen molar-refractivity contribution in [3.05, 3.63) is 12.2 Å². The Bertz CT molecular complexity index is 290. The number of rotatable bonds is 18. The van der Waals surface area contributed by atoms with Crippen molar-refractivity contribution in [2.45, 2.75) is 110 Å². The molecular formula is C21H41NO2. The van der Waals surface area contributed by atoms with Crippen molar-refractivity contribution in [3.8, 4) is 0 Å². The summed E-state index contributed by atoms with van der Waals surface area (Å²) < 4.78 is 0. The Hall–Kier alpha value is -0.830. The first-order valence-electron chi connectivity index (χ1n) is 10.4. The van der Waals surface area contributed by atoms with Crippen molar-refractivity contribution in [1.29, 1.82) is 0 Å². The van der Waals surface area contributed by atoms with Crippen LogP contribution in [0.2, 0.25) is 0 Å². The number of nitrogens with one attached hydrogen (secondary N) is 1. The van der Waals surface area contributed by atoms with Crippen molar-refractivity contribution in [1.82, 2.24) is 5.48 Å². The quantitative estimate of drug-likeness (QED) is 0.176. The van der Waals surface area contributed by atoms with E-state index < -0.39 is 0 Å². The van der Waals surface area contributed by atoms with E-state index in [9.17, 15) is 4.79 Å². The van der Waals surface area contributed by atoms with Crippen LogP contribution in [0.1, 0.15) is 110 Å². The Morgan fingerprint density at radius 1 is 0.750 bits per heavy atom. The molecule has 0 heterocycles. The van der Waals surface area contributed by atoms with Crippen LogP contribution in [0.3, 0.4) is 0 Å². The maximum atomic E-state index is 11.4. The van der Waals surface area contributed by atoms with Crippen LogP contribution < -0.4 is 5.48 Å². The van der Waals surface area contributed by atoms with Gasteiger partial charge in [-0.25, -0.2) is 5.48 Å². The van der Waals surface area contributed by atoms with Gasteiger partial charge in [-0.3, -0.25) is 9.63 Å². The number of allylic oxidation sites excluding steroid dienone is 2. The predicted molar refractivity (Wildman–Crippen MR) is 104 cm³/mol. The van der Waals surface area contributed by atoms with Crippen LogP contribution in [0, 0.1) is 0 Å². The Balaban J connectivity index is 3.16. The summed E-state index contributed by atoms with van der Waals surface area (Å²) in [5.41, 5.74) is 2.49. The van der Waals surface area contributed by atoms with E-state index in [2.05, 4.69) is 24.6 Å². The molecule has 0 rings (SSSR count). The van der Waals surface area contributed by atoms with Crippen LogP contribution in [0.15, 0.2) is 12.2 Å². The molecule has 1 amide bonds. The lowest BCUT2D eigenvalue weighted by molar-refractivity contribution is -0.133. The average Bonchev–Trinajstić information content (AvgIpc) is 2.58. The Morgan fingerprint density at radius 3 is 1.88 bits per heavy atom. The molecule has 0 bridgehead atoms. The number of carbonyl (C=O) groups is 1. The Morgan fingerprint density at radius 2 is 1.29 bits per heavy atom. The SMILES string of the molecule is CCCCCCCC/C=C\CCCCCCCC(=O)NOCCC. The average molecular weight is 340 g/mol. The second-order valence-electron chi connectivity index (χ2n) is 6.71. The highest BCUT2D eigenvalue weighted by Crippen LogP contribution is 2.09. The van der Waals surface area contributed by atoms with E-state index in [1.807, 2.05) is 6.92 Å². The molecule has 0 aromatic heterocycles. The third-order valence-electron chi connectivity index (χ3n) is 4.16. The third kappa shape index (κ3) is 19.2. The zero-order valence-electron chi connectivity index (χ0n) is 16.3. The number of unbranched alkanes of at least 4 members (excludes halogenated alkanes) is 11. The molecule has 1 N–H and O–H groups in total. The van der Waals surface area contributed by atoms with Crippen LogP contribution in [0.25, 0.3) is 0 Å². The van der Waals surface area contributed by atoms with E-state index in [0.29, 0.717) is 13.0 Å². The minimum absolute atomic E-state index is 0.0149. The molecule has 0 spiro atoms. The molecule has 0 aliphatic heterocycles. The molecule has 3 nitrogen and oxygen atoms in total. The van der Waals surface area contributed by atoms with Crippen LogP contribution in [0.4, 0.5) is 0 Å². The normalized spacial score (nSPS) is 11.2. The molecule has 0 unspecified atom stereocenters. The summed E-state index contributed by atoms with van der Waals surface area (Å²) in [6, 6.07) is 0. The topological polar surface area (TPSA) is 38.3 Å². The summed E-state index contributed by atoms with van der Waals surface area (Å²) in [7, 11) is 0. The van der Waals surface area contributed by atoms with Gasteiger partial charge in [0, 0.05) is 6.42 Å². The highest BCUT2D eigenvalue weighted by molar-refractivity contribution is 5.74. The fourth-order valence-electron chi connectivity index (χ4n) is 2.64. The Kier molecular flexibility index (Phi) is 19.5. The first-order chi connectivity index (χ1) is 11.8. The van der Waals surface area contributed by atoms with Gasteiger partial charge in [-0.05, 0) is 38.5 Å². The number of hydrogen-bond acceptors (Lipinski definition) is 2. The van der Waals surface area contributed by atoms with Crippen LogP contribution in [-0.4, -0.2) is 12.5 Å². The van der Waals surface area contributed by atoms with Gasteiger partial charge in [0.05, 0.1) is 6.61 Å². The fourth-order valence-corrected chi connectivity index (χ4v) is 2.64. The van der Waals surface area contributed by atoms with Crippen LogP contribution in [0.5, 0.6) is 0 Å². The van der Waals surface area contributed by atoms with Crippen molar-refractivity contribution in [2.75, 3.05) is 6.61 Å². The molecule has 0 aliphatic rings. The zero-order valence-corrected chi connectivity index (χ0v) is 16.3. The molecule has 142 valence electrons. The largest absolute Gasteiger partial charge is 0.274 e. The van der Waals surface area contributed by atoms with Crippen LogP contribution >= 0.6 is 0 Å². The van der Waals surface area contributed by atoms with Gasteiger partial charge in [-0.2, -0.15) is 0 Å². The molecule has 0 radical (unpaired) electrons. The molecule has 0 aromatic carbocycles. The first-order valence-corrected chi connectivity index (χ1v) is 10.4. The lowest BCUT2D eigenvalue weighted by atomic mass is 10.1. The van der Waals surface area contributed by atoms with Gasteiger partial charge in [-0.1, -0.05) is 77.4 Å². The number of amides is 1. The molecule has 24 heavy (non-hydrogen) atoms. The minimum atomic E-state index is 0.0149. The number of hydrogen-bond donors (Lipinski definition) is 1. The summed E-state index contributed by atoms with van der Waals surface area (Å²) in [4.78, 5) is 16.4. The van der Waals surface area contributed by atoms with Crippen molar-refractivity contribution < 1.29 is 9.63 Å². The minimum Gasteiger partial charge on any atom is -0.274 e. The van der Waals surface area contributed by atoms with E-state index >= 15 is 0 Å². The van der Waals surface area contributed by atoms with Gasteiger partial charge in [0.2, 0.25) is 5.91 Å². The van der Waals surface area contributed by atoms with Crippen molar-refractivity contribution in [2.24, 2.45) is 0 Å². The highest BCUT2D eigenvalue weighted by atomic mass is 16.6. The van der Waals surface area contributed by atoms with Gasteiger partial charge in [0.1, 0.15) is 0 Å². The summed E-state index contributed by atoms with van der Waals surface area (Å²) in [5.74, 6) is 0.0149. The van der Waals surface area contributed by atoms with Crippen molar-refractivity contribution >= 4 is 5.91 Å². The van der Waals surface area contributed by atoms with E-state index in [1.54, 1.807) is 0 Å². The van der Waals surface area contributed by atoms with Gasteiger partial charge >= 0.3 is 0 Å². The molecule has 0 aromatic rings. The summed E-state index contributed by atoms with van der Waals surface area (Å²) in [6.45, 7) is 4.89. The molecule has 0 saturated heterocycles. The standard InChI is InChI=1S/C21H41NO2/c1-3-5-6-7-8-9-10-11-12-13-14-15-16-17-18-19-21(23)22-24-20-4-2/h11-12H,3-10,13-20H2,1-2H3,(H,22,23)/b12-11-. The summed E-state index contributed by atoms with van der Waals surface area (Å²) in [6.07, 6.45) is 22.9. The molecular weight excluding hydrogens is 298 g/mol. The molecule has 0 fully saturated rings. The first kappa shape index (κ1) is 23.2. The van der Waals surface area contributed by atoms with E-state index in [-0.39, 0.29) is 5.91 Å². The second-order valence-corrected chi connectivity index (χ2v) is 6.71. The number of hydroxylamine groups is 1. The van der Waals surface area contributed by atoms with Crippen molar-refractivity contribution in [3.63, 3.8) is 0 Å².